The normalized spacial score (nSPS) is 12.5. The molecule has 8 heteroatoms. The molecule has 0 unspecified atom stereocenters. The van der Waals surface area contributed by atoms with E-state index in [1.54, 1.807) is 24.5 Å². The van der Waals surface area contributed by atoms with Gasteiger partial charge in [0.05, 0.1) is 11.6 Å². The number of halogens is 1. The average molecular weight is 446 g/mol. The van der Waals surface area contributed by atoms with E-state index in [4.69, 9.17) is 4.74 Å². The van der Waals surface area contributed by atoms with Crippen molar-refractivity contribution in [1.29, 1.82) is 0 Å². The second-order valence-electron chi connectivity index (χ2n) is 5.32. The van der Waals surface area contributed by atoms with Gasteiger partial charge in [-0.05, 0) is 47.9 Å². The van der Waals surface area contributed by atoms with Gasteiger partial charge in [-0.1, -0.05) is 33.3 Å². The minimum absolute atomic E-state index is 0.185. The van der Waals surface area contributed by atoms with E-state index < -0.39 is 0 Å². The van der Waals surface area contributed by atoms with Gasteiger partial charge < -0.3 is 4.74 Å². The molecule has 0 fully saturated rings. The third kappa shape index (κ3) is 3.35. The lowest BCUT2D eigenvalue weighted by Crippen LogP contribution is -2.23. The first-order chi connectivity index (χ1) is 12.6. The lowest BCUT2D eigenvalue weighted by atomic mass is 10.2. The quantitative estimate of drug-likeness (QED) is 0.480. The van der Waals surface area contributed by atoms with Gasteiger partial charge in [-0.2, -0.15) is 9.50 Å². The molecule has 3 aromatic heterocycles. The summed E-state index contributed by atoms with van der Waals surface area (Å²) in [7, 11) is 1.60. The van der Waals surface area contributed by atoms with Crippen LogP contribution in [0.3, 0.4) is 0 Å². The molecule has 0 saturated carbocycles. The summed E-state index contributed by atoms with van der Waals surface area (Å²) in [6.45, 7) is 0. The Morgan fingerprint density at radius 3 is 2.88 bits per heavy atom. The molecule has 0 aliphatic heterocycles. The second-order valence-corrected chi connectivity index (χ2v) is 8.22. The molecule has 4 rings (SSSR count). The van der Waals surface area contributed by atoms with E-state index >= 15 is 0 Å². The Hall–Kier alpha value is -2.29. The standard InChI is InChI=1S/C18H12BrN3O2S2/c1-24-14-6-4-12(19)9-11(14)10-15-17(23)22-18(26-15)20-16(21-22)7-5-13-3-2-8-25-13/h2-10H,1H3. The summed E-state index contributed by atoms with van der Waals surface area (Å²) in [5, 5.41) is 6.30. The highest BCUT2D eigenvalue weighted by atomic mass is 79.9. The van der Waals surface area contributed by atoms with Crippen molar-refractivity contribution in [2.24, 2.45) is 0 Å². The van der Waals surface area contributed by atoms with E-state index in [0.29, 0.717) is 21.1 Å². The molecule has 0 bridgehead atoms. The molecule has 5 nitrogen and oxygen atoms in total. The highest BCUT2D eigenvalue weighted by molar-refractivity contribution is 9.10. The van der Waals surface area contributed by atoms with Crippen LogP contribution in [0.4, 0.5) is 0 Å². The molecule has 3 heterocycles. The molecule has 0 spiro atoms. The van der Waals surface area contributed by atoms with Crippen molar-refractivity contribution < 1.29 is 4.74 Å². The van der Waals surface area contributed by atoms with Gasteiger partial charge >= 0.3 is 0 Å². The van der Waals surface area contributed by atoms with Crippen molar-refractivity contribution in [2.75, 3.05) is 7.11 Å². The summed E-state index contributed by atoms with van der Waals surface area (Å²) in [4.78, 5) is 18.7. The maximum Gasteiger partial charge on any atom is 0.291 e. The zero-order valence-electron chi connectivity index (χ0n) is 13.5. The summed E-state index contributed by atoms with van der Waals surface area (Å²) in [5.41, 5.74) is 0.636. The Morgan fingerprint density at radius 2 is 2.15 bits per heavy atom. The van der Waals surface area contributed by atoms with Crippen LogP contribution in [0, 0.1) is 0 Å². The van der Waals surface area contributed by atoms with Crippen molar-refractivity contribution in [2.45, 2.75) is 0 Å². The predicted octanol–water partition coefficient (Wildman–Crippen LogP) is 3.70. The minimum Gasteiger partial charge on any atom is -0.496 e. The number of thiazole rings is 1. The van der Waals surface area contributed by atoms with Crippen LogP contribution in [0.2, 0.25) is 0 Å². The minimum atomic E-state index is -0.185. The van der Waals surface area contributed by atoms with Gasteiger partial charge in [-0.3, -0.25) is 4.79 Å². The van der Waals surface area contributed by atoms with Gasteiger partial charge in [0, 0.05) is 14.9 Å². The summed E-state index contributed by atoms with van der Waals surface area (Å²) >= 11 is 6.38. The highest BCUT2D eigenvalue weighted by Gasteiger charge is 2.10. The number of methoxy groups -OCH3 is 1. The van der Waals surface area contributed by atoms with Gasteiger partial charge in [0.1, 0.15) is 5.75 Å². The first-order valence-electron chi connectivity index (χ1n) is 7.60. The molecule has 4 aromatic rings. The Labute approximate surface area is 165 Å². The van der Waals surface area contributed by atoms with Crippen molar-refractivity contribution in [3.63, 3.8) is 0 Å². The SMILES string of the molecule is COc1ccc(Br)cc1C=c1sc2nc(C=Cc3cccs3)nn2c1=O. The highest BCUT2D eigenvalue weighted by Crippen LogP contribution is 2.23. The molecule has 0 saturated heterocycles. The molecule has 0 radical (unpaired) electrons. The zero-order chi connectivity index (χ0) is 18.1. The van der Waals surface area contributed by atoms with Gasteiger partial charge in [0.15, 0.2) is 5.82 Å². The van der Waals surface area contributed by atoms with Crippen LogP contribution in [-0.4, -0.2) is 21.7 Å². The van der Waals surface area contributed by atoms with Crippen LogP contribution in [-0.2, 0) is 0 Å². The monoisotopic (exact) mass is 445 g/mol. The Kier molecular flexibility index (Phi) is 4.71. The van der Waals surface area contributed by atoms with E-state index in [1.165, 1.54) is 15.9 Å². The molecule has 26 heavy (non-hydrogen) atoms. The maximum absolute atomic E-state index is 12.6. The summed E-state index contributed by atoms with van der Waals surface area (Å²) in [6.07, 6.45) is 5.55. The molecule has 0 aliphatic rings. The van der Waals surface area contributed by atoms with Gasteiger partial charge in [0.25, 0.3) is 5.56 Å². The number of nitrogens with zero attached hydrogens (tertiary/aromatic N) is 3. The fourth-order valence-corrected chi connectivity index (χ4v) is 4.32. The summed E-state index contributed by atoms with van der Waals surface area (Å²) in [6, 6.07) is 9.64. The number of ether oxygens (including phenoxy) is 1. The van der Waals surface area contributed by atoms with Crippen LogP contribution in [0.15, 0.2) is 45.0 Å². The van der Waals surface area contributed by atoms with E-state index in [0.717, 1.165) is 14.9 Å². The lowest BCUT2D eigenvalue weighted by Gasteiger charge is -2.04. The molecule has 130 valence electrons. The van der Waals surface area contributed by atoms with Crippen molar-refractivity contribution in [3.8, 4) is 5.75 Å². The number of rotatable bonds is 4. The number of thiophene rings is 1. The van der Waals surface area contributed by atoms with Gasteiger partial charge in [0.2, 0.25) is 4.96 Å². The molecular weight excluding hydrogens is 434 g/mol. The van der Waals surface area contributed by atoms with E-state index in [9.17, 15) is 4.79 Å². The van der Waals surface area contributed by atoms with E-state index in [2.05, 4.69) is 26.0 Å². The molecule has 0 atom stereocenters. The summed E-state index contributed by atoms with van der Waals surface area (Å²) < 4.78 is 8.18. The Bertz CT molecular complexity index is 1210. The molecular formula is C18H12BrN3O2S2. The van der Waals surface area contributed by atoms with Crippen molar-refractivity contribution >= 4 is 61.8 Å². The second kappa shape index (κ2) is 7.14. The number of hydrogen-bond donors (Lipinski definition) is 0. The van der Waals surface area contributed by atoms with E-state index in [-0.39, 0.29) is 5.56 Å². The maximum atomic E-state index is 12.6. The van der Waals surface area contributed by atoms with Gasteiger partial charge in [-0.15, -0.1) is 16.4 Å². The lowest BCUT2D eigenvalue weighted by molar-refractivity contribution is 0.414. The topological polar surface area (TPSA) is 56.5 Å². The molecule has 1 aromatic carbocycles. The first-order valence-corrected chi connectivity index (χ1v) is 10.1. The van der Waals surface area contributed by atoms with Crippen molar-refractivity contribution in [1.82, 2.24) is 14.6 Å². The van der Waals surface area contributed by atoms with Crippen LogP contribution < -0.4 is 14.8 Å². The zero-order valence-corrected chi connectivity index (χ0v) is 16.8. The number of benzene rings is 1. The van der Waals surface area contributed by atoms with Gasteiger partial charge in [-0.25, -0.2) is 0 Å². The molecule has 0 N–H and O–H groups in total. The van der Waals surface area contributed by atoms with Crippen molar-refractivity contribution in [3.05, 3.63) is 71.3 Å². The van der Waals surface area contributed by atoms with Crippen LogP contribution >= 0.6 is 38.6 Å². The first kappa shape index (κ1) is 17.1. The molecule has 0 aliphatic carbocycles. The number of fused-ring (bicyclic) bond motifs is 1. The molecule has 0 amide bonds. The van der Waals surface area contributed by atoms with Crippen LogP contribution in [0.5, 0.6) is 5.75 Å². The largest absolute Gasteiger partial charge is 0.496 e. The Morgan fingerprint density at radius 1 is 1.27 bits per heavy atom. The predicted molar refractivity (Wildman–Crippen MR) is 110 cm³/mol. The number of aromatic nitrogens is 3. The van der Waals surface area contributed by atoms with E-state index in [1.807, 2.05) is 47.9 Å². The average Bonchev–Trinajstić information content (AvgIpc) is 3.33. The van der Waals surface area contributed by atoms with Crippen LogP contribution in [0.25, 0.3) is 23.2 Å². The fourth-order valence-electron chi connectivity index (χ4n) is 2.42. The smallest absolute Gasteiger partial charge is 0.291 e. The third-order valence-corrected chi connectivity index (χ3v) is 5.91. The third-order valence-electron chi connectivity index (χ3n) is 3.62. The Balaban J connectivity index is 1.74. The fraction of sp³-hybridized carbons (Fsp3) is 0.0556. The summed E-state index contributed by atoms with van der Waals surface area (Å²) in [5.74, 6) is 1.22. The van der Waals surface area contributed by atoms with Crippen LogP contribution in [0.1, 0.15) is 16.3 Å². The number of hydrogen-bond acceptors (Lipinski definition) is 6.